The van der Waals surface area contributed by atoms with Crippen LogP contribution in [-0.2, 0) is 4.79 Å². The molecule has 0 bridgehead atoms. The normalized spacial score (nSPS) is 17.1. The Morgan fingerprint density at radius 2 is 1.56 bits per heavy atom. The Balaban J connectivity index is 1.67. The number of amides is 2. The van der Waals surface area contributed by atoms with E-state index in [0.717, 1.165) is 22.6 Å². The minimum absolute atomic E-state index is 0.0338. The molecule has 34 heavy (non-hydrogen) atoms. The quantitative estimate of drug-likeness (QED) is 0.455. The van der Waals surface area contributed by atoms with Crippen molar-refractivity contribution in [3.05, 3.63) is 88.9 Å². The summed E-state index contributed by atoms with van der Waals surface area (Å²) in [7, 11) is 3.95. The van der Waals surface area contributed by atoms with Gasteiger partial charge in [0.05, 0.1) is 5.92 Å². The number of anilines is 3. The SMILES string of the molecule is CCN(C(=O)[C@@H]1C[C@@H](C)N(C(=O)c2ccc(N(C)C)cc2)c2ccccc21)c1ccc(Cl)cc1. The summed E-state index contributed by atoms with van der Waals surface area (Å²) < 4.78 is 0. The lowest BCUT2D eigenvalue weighted by molar-refractivity contribution is -0.120. The molecule has 0 unspecified atom stereocenters. The van der Waals surface area contributed by atoms with Crippen molar-refractivity contribution in [3.63, 3.8) is 0 Å². The van der Waals surface area contributed by atoms with Crippen molar-refractivity contribution in [1.29, 1.82) is 0 Å². The van der Waals surface area contributed by atoms with Gasteiger partial charge in [-0.15, -0.1) is 0 Å². The monoisotopic (exact) mass is 475 g/mol. The van der Waals surface area contributed by atoms with E-state index in [-0.39, 0.29) is 23.8 Å². The Kier molecular flexibility index (Phi) is 6.94. The van der Waals surface area contributed by atoms with E-state index in [2.05, 4.69) is 0 Å². The van der Waals surface area contributed by atoms with Crippen molar-refractivity contribution in [1.82, 2.24) is 0 Å². The Labute approximate surface area is 206 Å². The first-order valence-corrected chi connectivity index (χ1v) is 12.0. The highest BCUT2D eigenvalue weighted by Crippen LogP contribution is 2.40. The number of rotatable bonds is 5. The molecule has 176 valence electrons. The molecule has 0 fully saturated rings. The fourth-order valence-corrected chi connectivity index (χ4v) is 4.80. The maximum absolute atomic E-state index is 13.8. The third-order valence-electron chi connectivity index (χ3n) is 6.46. The number of hydrogen-bond donors (Lipinski definition) is 0. The standard InChI is InChI=1S/C28H30ClN3O2/c1-5-31(23-16-12-21(29)13-17-23)28(34)25-18-19(2)32(26-9-7-6-8-24(25)26)27(33)20-10-14-22(15-11-20)30(3)4/h6-17,19,25H,5,18H2,1-4H3/t19-,25-/m1/s1. The molecular weight excluding hydrogens is 446 g/mol. The molecule has 3 aromatic rings. The largest absolute Gasteiger partial charge is 0.378 e. The lowest BCUT2D eigenvalue weighted by Gasteiger charge is -2.40. The van der Waals surface area contributed by atoms with Crippen LogP contribution in [0.5, 0.6) is 0 Å². The second-order valence-electron chi connectivity index (χ2n) is 8.87. The topological polar surface area (TPSA) is 43.9 Å². The molecule has 2 amide bonds. The molecule has 1 heterocycles. The molecule has 1 aliphatic rings. The van der Waals surface area contributed by atoms with Crippen LogP contribution in [0.15, 0.2) is 72.8 Å². The number of likely N-dealkylation sites (N-methyl/N-ethyl adjacent to an activating group) is 1. The molecule has 3 aromatic carbocycles. The summed E-state index contributed by atoms with van der Waals surface area (Å²) in [6.07, 6.45) is 0.557. The first kappa shape index (κ1) is 23.8. The molecule has 0 aromatic heterocycles. The van der Waals surface area contributed by atoms with Crippen LogP contribution in [0, 0.1) is 0 Å². The van der Waals surface area contributed by atoms with Gasteiger partial charge in [0, 0.05) is 54.3 Å². The highest BCUT2D eigenvalue weighted by atomic mass is 35.5. The van der Waals surface area contributed by atoms with Gasteiger partial charge in [-0.3, -0.25) is 9.59 Å². The van der Waals surface area contributed by atoms with Crippen molar-refractivity contribution in [2.24, 2.45) is 0 Å². The van der Waals surface area contributed by atoms with Gasteiger partial charge in [-0.1, -0.05) is 29.8 Å². The summed E-state index contributed by atoms with van der Waals surface area (Å²) in [6.45, 7) is 4.53. The van der Waals surface area contributed by atoms with E-state index in [1.165, 1.54) is 0 Å². The third kappa shape index (κ3) is 4.53. The van der Waals surface area contributed by atoms with E-state index in [1.54, 1.807) is 17.0 Å². The summed E-state index contributed by atoms with van der Waals surface area (Å²) in [5.74, 6) is -0.352. The summed E-state index contributed by atoms with van der Waals surface area (Å²) in [6, 6.07) is 22.6. The van der Waals surface area contributed by atoms with Crippen LogP contribution in [-0.4, -0.2) is 38.5 Å². The van der Waals surface area contributed by atoms with Gasteiger partial charge in [0.25, 0.3) is 5.91 Å². The van der Waals surface area contributed by atoms with E-state index >= 15 is 0 Å². The van der Waals surface area contributed by atoms with Crippen molar-refractivity contribution in [2.45, 2.75) is 32.2 Å². The summed E-state index contributed by atoms with van der Waals surface area (Å²) in [5, 5.41) is 0.636. The zero-order valence-electron chi connectivity index (χ0n) is 20.0. The van der Waals surface area contributed by atoms with Gasteiger partial charge in [0.2, 0.25) is 5.91 Å². The van der Waals surface area contributed by atoms with Crippen LogP contribution in [0.4, 0.5) is 17.1 Å². The van der Waals surface area contributed by atoms with Gasteiger partial charge >= 0.3 is 0 Å². The third-order valence-corrected chi connectivity index (χ3v) is 6.71. The maximum Gasteiger partial charge on any atom is 0.258 e. The number of para-hydroxylation sites is 1. The Bertz CT molecular complexity index is 1180. The fourth-order valence-electron chi connectivity index (χ4n) is 4.67. The van der Waals surface area contributed by atoms with Gasteiger partial charge in [-0.25, -0.2) is 0 Å². The van der Waals surface area contributed by atoms with Crippen LogP contribution in [0.25, 0.3) is 0 Å². The summed E-state index contributed by atoms with van der Waals surface area (Å²) in [4.78, 5) is 33.0. The molecule has 5 nitrogen and oxygen atoms in total. The first-order valence-electron chi connectivity index (χ1n) is 11.6. The van der Waals surface area contributed by atoms with Gasteiger partial charge in [0.1, 0.15) is 0 Å². The van der Waals surface area contributed by atoms with Crippen LogP contribution in [0.2, 0.25) is 5.02 Å². The van der Waals surface area contributed by atoms with Gasteiger partial charge in [0.15, 0.2) is 0 Å². The van der Waals surface area contributed by atoms with Crippen LogP contribution < -0.4 is 14.7 Å². The minimum atomic E-state index is -0.331. The van der Waals surface area contributed by atoms with E-state index in [4.69, 9.17) is 11.6 Å². The Hall–Kier alpha value is -3.31. The van der Waals surface area contributed by atoms with Crippen molar-refractivity contribution < 1.29 is 9.59 Å². The molecule has 6 heteroatoms. The van der Waals surface area contributed by atoms with Crippen LogP contribution in [0.1, 0.15) is 42.1 Å². The second kappa shape index (κ2) is 9.90. The molecular formula is C28H30ClN3O2. The highest BCUT2D eigenvalue weighted by Gasteiger charge is 2.38. The smallest absolute Gasteiger partial charge is 0.258 e. The second-order valence-corrected chi connectivity index (χ2v) is 9.31. The molecule has 0 saturated carbocycles. The Morgan fingerprint density at radius 1 is 0.941 bits per heavy atom. The van der Waals surface area contributed by atoms with Gasteiger partial charge in [-0.2, -0.15) is 0 Å². The number of nitrogens with zero attached hydrogens (tertiary/aromatic N) is 3. The number of carbonyl (C=O) groups is 2. The van der Waals surface area contributed by atoms with Crippen molar-refractivity contribution >= 4 is 40.5 Å². The molecule has 4 rings (SSSR count). The minimum Gasteiger partial charge on any atom is -0.378 e. The molecule has 1 aliphatic heterocycles. The number of benzene rings is 3. The molecule has 0 radical (unpaired) electrons. The Morgan fingerprint density at radius 3 is 2.18 bits per heavy atom. The predicted molar refractivity (Wildman–Crippen MR) is 140 cm³/mol. The molecule has 0 N–H and O–H groups in total. The first-order chi connectivity index (χ1) is 16.3. The fraction of sp³-hybridized carbons (Fsp3) is 0.286. The van der Waals surface area contributed by atoms with E-state index in [0.29, 0.717) is 23.6 Å². The molecule has 0 aliphatic carbocycles. The zero-order chi connectivity index (χ0) is 24.4. The van der Waals surface area contributed by atoms with E-state index in [1.807, 2.05) is 98.4 Å². The van der Waals surface area contributed by atoms with Gasteiger partial charge < -0.3 is 14.7 Å². The molecule has 0 spiro atoms. The van der Waals surface area contributed by atoms with E-state index < -0.39 is 0 Å². The van der Waals surface area contributed by atoms with Crippen LogP contribution >= 0.6 is 11.6 Å². The number of halogens is 1. The van der Waals surface area contributed by atoms with E-state index in [9.17, 15) is 9.59 Å². The molecule has 2 atom stereocenters. The van der Waals surface area contributed by atoms with Crippen molar-refractivity contribution in [2.75, 3.05) is 35.3 Å². The zero-order valence-corrected chi connectivity index (χ0v) is 20.8. The van der Waals surface area contributed by atoms with Gasteiger partial charge in [-0.05, 0) is 80.4 Å². The number of carbonyl (C=O) groups excluding carboxylic acids is 2. The lowest BCUT2D eigenvalue weighted by Crippen LogP contribution is -2.46. The highest BCUT2D eigenvalue weighted by molar-refractivity contribution is 6.30. The summed E-state index contributed by atoms with van der Waals surface area (Å²) in [5.41, 5.74) is 4.18. The summed E-state index contributed by atoms with van der Waals surface area (Å²) >= 11 is 6.05. The maximum atomic E-state index is 13.8. The predicted octanol–water partition coefficient (Wildman–Crippen LogP) is 5.98. The average molecular weight is 476 g/mol. The average Bonchev–Trinajstić information content (AvgIpc) is 2.84. The van der Waals surface area contributed by atoms with Crippen LogP contribution in [0.3, 0.4) is 0 Å². The molecule has 0 saturated heterocycles. The van der Waals surface area contributed by atoms with Crippen molar-refractivity contribution in [3.8, 4) is 0 Å². The lowest BCUT2D eigenvalue weighted by atomic mass is 9.84. The number of fused-ring (bicyclic) bond motifs is 1. The number of hydrogen-bond acceptors (Lipinski definition) is 3.